The average Bonchev–Trinajstić information content (AvgIpc) is 3.19. The first kappa shape index (κ1) is 20.4. The van der Waals surface area contributed by atoms with Crippen LogP contribution in [0.3, 0.4) is 0 Å². The van der Waals surface area contributed by atoms with Gasteiger partial charge in [-0.15, -0.1) is 0 Å². The van der Waals surface area contributed by atoms with Crippen molar-refractivity contribution in [1.29, 1.82) is 0 Å². The molecule has 1 aromatic heterocycles. The van der Waals surface area contributed by atoms with Crippen molar-refractivity contribution in [2.24, 2.45) is 0 Å². The molecule has 9 heteroatoms. The van der Waals surface area contributed by atoms with Gasteiger partial charge in [0.2, 0.25) is 15.9 Å². The molecule has 26 heavy (non-hydrogen) atoms. The van der Waals surface area contributed by atoms with Crippen LogP contribution in [0.15, 0.2) is 10.5 Å². The number of hydrogen-bond acceptors (Lipinski definition) is 5. The Labute approximate surface area is 153 Å². The number of rotatable bonds is 8. The third-order valence-corrected chi connectivity index (χ3v) is 6.53. The molecule has 0 spiro atoms. The zero-order chi connectivity index (χ0) is 19.5. The Hall–Kier alpha value is -1.87. The Balaban J connectivity index is 2.09. The van der Waals surface area contributed by atoms with Crippen LogP contribution in [0.4, 0.5) is 0 Å². The molecule has 1 saturated heterocycles. The summed E-state index contributed by atoms with van der Waals surface area (Å²) in [6, 6.07) is 0.697. The van der Waals surface area contributed by atoms with E-state index in [9.17, 15) is 18.0 Å². The van der Waals surface area contributed by atoms with Crippen LogP contribution in [0.5, 0.6) is 0 Å². The van der Waals surface area contributed by atoms with Crippen LogP contribution in [0.25, 0.3) is 0 Å². The number of carboxylic acids is 1. The number of carbonyl (C=O) groups excluding carboxylic acids is 1. The maximum absolute atomic E-state index is 12.8. The van der Waals surface area contributed by atoms with Crippen molar-refractivity contribution in [2.45, 2.75) is 52.1 Å². The third kappa shape index (κ3) is 4.45. The molecule has 1 amide bonds. The minimum absolute atomic E-state index is 0.0519. The number of likely N-dealkylation sites (N-methyl/N-ethyl adjacent to an activating group) is 1. The van der Waals surface area contributed by atoms with Crippen LogP contribution in [0.2, 0.25) is 0 Å². The number of hydrogen-bond donors (Lipinski definition) is 1. The van der Waals surface area contributed by atoms with E-state index in [0.29, 0.717) is 31.6 Å². The van der Waals surface area contributed by atoms with Crippen molar-refractivity contribution in [1.82, 2.24) is 9.21 Å². The Morgan fingerprint density at radius 1 is 1.42 bits per heavy atom. The fraction of sp³-hybridized carbons (Fsp3) is 0.647. The molecule has 1 atom stereocenters. The Morgan fingerprint density at radius 3 is 2.69 bits per heavy atom. The molecule has 0 aliphatic carbocycles. The minimum Gasteiger partial charge on any atom is -0.478 e. The number of aromatic carboxylic acids is 1. The number of furan rings is 1. The van der Waals surface area contributed by atoms with E-state index in [2.05, 4.69) is 0 Å². The number of amides is 1. The molecule has 1 aliphatic heterocycles. The maximum atomic E-state index is 12.8. The summed E-state index contributed by atoms with van der Waals surface area (Å²) < 4.78 is 31.7. The van der Waals surface area contributed by atoms with Crippen LogP contribution in [0.1, 0.15) is 54.5 Å². The summed E-state index contributed by atoms with van der Waals surface area (Å²) in [7, 11) is -1.89. The highest BCUT2D eigenvalue weighted by Crippen LogP contribution is 2.24. The molecular formula is C17H26N2O6S. The quantitative estimate of drug-likeness (QED) is 0.730. The second-order valence-electron chi connectivity index (χ2n) is 6.62. The Kier molecular flexibility index (Phi) is 6.46. The number of unbranched alkanes of at least 4 members (excludes halogenated alkanes) is 1. The molecule has 1 fully saturated rings. The van der Waals surface area contributed by atoms with Gasteiger partial charge in [0.05, 0.1) is 12.3 Å². The van der Waals surface area contributed by atoms with Crippen molar-refractivity contribution in [3.8, 4) is 0 Å². The maximum Gasteiger partial charge on any atom is 0.339 e. The second kappa shape index (κ2) is 8.22. The van der Waals surface area contributed by atoms with Crippen LogP contribution in [0, 0.1) is 6.92 Å². The summed E-state index contributed by atoms with van der Waals surface area (Å²) in [5.74, 6) is -0.702. The predicted octanol–water partition coefficient (Wildman–Crippen LogP) is 1.84. The van der Waals surface area contributed by atoms with Gasteiger partial charge < -0.3 is 14.4 Å². The summed E-state index contributed by atoms with van der Waals surface area (Å²) in [4.78, 5) is 25.2. The monoisotopic (exact) mass is 386 g/mol. The highest BCUT2D eigenvalue weighted by Gasteiger charge is 2.39. The molecule has 8 nitrogen and oxygen atoms in total. The van der Waals surface area contributed by atoms with E-state index < -0.39 is 22.0 Å². The van der Waals surface area contributed by atoms with E-state index >= 15 is 0 Å². The Bertz CT molecular complexity index is 770. The topological polar surface area (TPSA) is 108 Å². The highest BCUT2D eigenvalue weighted by molar-refractivity contribution is 7.89. The Morgan fingerprint density at radius 2 is 2.12 bits per heavy atom. The van der Waals surface area contributed by atoms with Crippen molar-refractivity contribution >= 4 is 21.9 Å². The van der Waals surface area contributed by atoms with Gasteiger partial charge in [0.1, 0.15) is 23.1 Å². The van der Waals surface area contributed by atoms with Crippen molar-refractivity contribution in [2.75, 3.05) is 19.3 Å². The van der Waals surface area contributed by atoms with E-state index in [1.165, 1.54) is 15.3 Å². The van der Waals surface area contributed by atoms with Crippen LogP contribution < -0.4 is 0 Å². The molecule has 1 N–H and O–H groups in total. The lowest BCUT2D eigenvalue weighted by Gasteiger charge is -2.27. The molecule has 0 bridgehead atoms. The van der Waals surface area contributed by atoms with Crippen LogP contribution in [-0.2, 0) is 21.4 Å². The first-order valence-electron chi connectivity index (χ1n) is 8.74. The molecule has 1 unspecified atom stereocenters. The molecule has 1 aromatic rings. The van der Waals surface area contributed by atoms with E-state index in [1.807, 2.05) is 6.92 Å². The largest absolute Gasteiger partial charge is 0.478 e. The molecule has 0 aromatic carbocycles. The molecule has 2 heterocycles. The molecule has 0 radical (unpaired) electrons. The lowest BCUT2D eigenvalue weighted by Crippen LogP contribution is -2.46. The van der Waals surface area contributed by atoms with Gasteiger partial charge in [0.15, 0.2) is 0 Å². The van der Waals surface area contributed by atoms with Gasteiger partial charge in [-0.3, -0.25) is 4.79 Å². The number of carboxylic acid groups (broad SMARTS) is 1. The fourth-order valence-corrected chi connectivity index (χ4v) is 5.04. The third-order valence-electron chi connectivity index (χ3n) is 4.57. The van der Waals surface area contributed by atoms with Crippen molar-refractivity contribution in [3.05, 3.63) is 23.2 Å². The van der Waals surface area contributed by atoms with Gasteiger partial charge >= 0.3 is 5.97 Å². The fourth-order valence-electron chi connectivity index (χ4n) is 3.16. The lowest BCUT2D eigenvalue weighted by molar-refractivity contribution is -0.134. The molecule has 146 valence electrons. The van der Waals surface area contributed by atoms with Crippen LogP contribution in [-0.4, -0.2) is 60.0 Å². The van der Waals surface area contributed by atoms with E-state index in [-0.39, 0.29) is 29.5 Å². The zero-order valence-electron chi connectivity index (χ0n) is 15.4. The summed E-state index contributed by atoms with van der Waals surface area (Å²) in [6.45, 7) is 3.92. The normalized spacial score (nSPS) is 18.2. The minimum atomic E-state index is -3.45. The number of nitrogens with zero attached hydrogens (tertiary/aromatic N) is 2. The van der Waals surface area contributed by atoms with E-state index in [1.54, 1.807) is 14.0 Å². The van der Waals surface area contributed by atoms with Gasteiger partial charge in [0, 0.05) is 13.6 Å². The summed E-state index contributed by atoms with van der Waals surface area (Å²) >= 11 is 0. The van der Waals surface area contributed by atoms with E-state index in [4.69, 9.17) is 9.52 Å². The summed E-state index contributed by atoms with van der Waals surface area (Å²) in [5, 5.41) is 9.08. The molecule has 1 aliphatic rings. The standard InChI is InChI=1S/C17H26N2O6S/c1-4-5-9-26(23,24)19-8-6-7-15(19)16(20)18(3)11-13-10-14(17(21)22)12(2)25-13/h10,15H,4-9,11H2,1-3H3,(H,21,22). The summed E-state index contributed by atoms with van der Waals surface area (Å²) in [5.41, 5.74) is 0.0606. The van der Waals surface area contributed by atoms with Crippen molar-refractivity contribution < 1.29 is 27.5 Å². The van der Waals surface area contributed by atoms with E-state index in [0.717, 1.165) is 6.42 Å². The van der Waals surface area contributed by atoms with Gasteiger partial charge in [-0.1, -0.05) is 13.3 Å². The molecular weight excluding hydrogens is 360 g/mol. The smallest absolute Gasteiger partial charge is 0.339 e. The highest BCUT2D eigenvalue weighted by atomic mass is 32.2. The van der Waals surface area contributed by atoms with Gasteiger partial charge in [-0.2, -0.15) is 4.31 Å². The number of sulfonamides is 1. The molecule has 0 saturated carbocycles. The first-order valence-corrected chi connectivity index (χ1v) is 10.4. The number of aryl methyl sites for hydroxylation is 1. The SMILES string of the molecule is CCCCS(=O)(=O)N1CCCC1C(=O)N(C)Cc1cc(C(=O)O)c(C)o1. The van der Waals surface area contributed by atoms with Gasteiger partial charge in [0.25, 0.3) is 0 Å². The zero-order valence-corrected chi connectivity index (χ0v) is 16.2. The molecule has 2 rings (SSSR count). The van der Waals surface area contributed by atoms with Crippen LogP contribution >= 0.6 is 0 Å². The average molecular weight is 386 g/mol. The lowest BCUT2D eigenvalue weighted by atomic mass is 10.2. The first-order chi connectivity index (χ1) is 12.2. The second-order valence-corrected chi connectivity index (χ2v) is 8.66. The summed E-state index contributed by atoms with van der Waals surface area (Å²) in [6.07, 6.45) is 2.49. The van der Waals surface area contributed by atoms with Gasteiger partial charge in [-0.25, -0.2) is 13.2 Å². The predicted molar refractivity (Wildman–Crippen MR) is 95.3 cm³/mol. The van der Waals surface area contributed by atoms with Gasteiger partial charge in [-0.05, 0) is 32.3 Å². The van der Waals surface area contributed by atoms with Crippen molar-refractivity contribution in [3.63, 3.8) is 0 Å². The number of carbonyl (C=O) groups is 2.